The van der Waals surface area contributed by atoms with Crippen molar-refractivity contribution >= 4 is 5.57 Å². The van der Waals surface area contributed by atoms with E-state index in [1.165, 1.54) is 44.1 Å². The van der Waals surface area contributed by atoms with E-state index in [9.17, 15) is 0 Å². The first kappa shape index (κ1) is 11.8. The standard InChI is InChI=1S/C21H20/c1-2-7-15(6-1)19-11-13-21(19)12-5-10-18-17-9-4-3-8-16(17)14-20(18)21/h1-4,6-9H,5,10-14H2. The molecule has 1 spiro atoms. The quantitative estimate of drug-likeness (QED) is 0.594. The average Bonchev–Trinajstić information content (AvgIpc) is 3.13. The highest BCUT2D eigenvalue weighted by Crippen LogP contribution is 2.63. The fourth-order valence-corrected chi connectivity index (χ4v) is 5.05. The predicted molar refractivity (Wildman–Crippen MR) is 87.9 cm³/mol. The van der Waals surface area contributed by atoms with E-state index in [4.69, 9.17) is 0 Å². The van der Waals surface area contributed by atoms with Gasteiger partial charge in [0.15, 0.2) is 0 Å². The van der Waals surface area contributed by atoms with Crippen LogP contribution in [0.3, 0.4) is 0 Å². The first-order valence-corrected chi connectivity index (χ1v) is 8.28. The molecule has 21 heavy (non-hydrogen) atoms. The Hall–Kier alpha value is -1.82. The summed E-state index contributed by atoms with van der Waals surface area (Å²) in [5.41, 5.74) is 10.2. The Labute approximate surface area is 126 Å². The summed E-state index contributed by atoms with van der Waals surface area (Å²) in [6, 6.07) is 9.09. The Morgan fingerprint density at radius 2 is 1.71 bits per heavy atom. The third-order valence-electron chi connectivity index (χ3n) is 6.07. The van der Waals surface area contributed by atoms with Gasteiger partial charge >= 0.3 is 0 Å². The zero-order valence-electron chi connectivity index (χ0n) is 12.4. The van der Waals surface area contributed by atoms with Crippen molar-refractivity contribution in [3.63, 3.8) is 0 Å². The monoisotopic (exact) mass is 272 g/mol. The molecule has 0 amide bonds. The van der Waals surface area contributed by atoms with Gasteiger partial charge in [0.05, 0.1) is 0 Å². The second-order valence-electron chi connectivity index (χ2n) is 6.88. The summed E-state index contributed by atoms with van der Waals surface area (Å²) in [7, 11) is 0. The van der Waals surface area contributed by atoms with E-state index in [0.717, 1.165) is 0 Å². The lowest BCUT2D eigenvalue weighted by Gasteiger charge is -2.50. The molecule has 0 aliphatic heterocycles. The molecule has 0 bridgehead atoms. The van der Waals surface area contributed by atoms with Crippen LogP contribution in [0, 0.1) is 5.41 Å². The van der Waals surface area contributed by atoms with Gasteiger partial charge in [0, 0.05) is 5.41 Å². The van der Waals surface area contributed by atoms with Gasteiger partial charge in [0.2, 0.25) is 0 Å². The third kappa shape index (κ3) is 1.46. The van der Waals surface area contributed by atoms with Crippen LogP contribution in [-0.2, 0) is 6.42 Å². The lowest BCUT2D eigenvalue weighted by atomic mass is 9.54. The number of hydrogen-bond donors (Lipinski definition) is 0. The molecular formula is C21H20. The van der Waals surface area contributed by atoms with E-state index < -0.39 is 0 Å². The van der Waals surface area contributed by atoms with Gasteiger partial charge in [-0.2, -0.15) is 0 Å². The summed E-state index contributed by atoms with van der Waals surface area (Å²) < 4.78 is 0. The fraction of sp³-hybridized carbons (Fsp3) is 0.333. The second-order valence-corrected chi connectivity index (χ2v) is 6.88. The molecule has 1 saturated carbocycles. The van der Waals surface area contributed by atoms with E-state index >= 15 is 0 Å². The van der Waals surface area contributed by atoms with E-state index in [-0.39, 0.29) is 0 Å². The maximum atomic E-state index is 2.34. The molecule has 1 aromatic carbocycles. The van der Waals surface area contributed by atoms with Crippen molar-refractivity contribution < 1.29 is 0 Å². The van der Waals surface area contributed by atoms with E-state index in [0.29, 0.717) is 5.41 Å². The summed E-state index contributed by atoms with van der Waals surface area (Å²) in [6.45, 7) is 0. The molecule has 4 aliphatic rings. The van der Waals surface area contributed by atoms with Crippen LogP contribution in [0.4, 0.5) is 0 Å². The van der Waals surface area contributed by atoms with Gasteiger partial charge in [-0.1, -0.05) is 59.7 Å². The van der Waals surface area contributed by atoms with Crippen LogP contribution < -0.4 is 0 Å². The largest absolute Gasteiger partial charge is 0.0619 e. The zero-order chi connectivity index (χ0) is 13.9. The van der Waals surface area contributed by atoms with Crippen molar-refractivity contribution in [1.82, 2.24) is 0 Å². The van der Waals surface area contributed by atoms with Gasteiger partial charge in [0.25, 0.3) is 0 Å². The van der Waals surface area contributed by atoms with Crippen molar-refractivity contribution in [2.24, 2.45) is 5.41 Å². The molecule has 5 rings (SSSR count). The number of benzene rings is 1. The van der Waals surface area contributed by atoms with E-state index in [1.807, 2.05) is 0 Å². The minimum atomic E-state index is 0.418. The molecule has 1 atom stereocenters. The number of rotatable bonds is 0. The smallest absolute Gasteiger partial charge is 0.0142 e. The van der Waals surface area contributed by atoms with Crippen molar-refractivity contribution in [3.05, 3.63) is 76.4 Å². The third-order valence-corrected chi connectivity index (χ3v) is 6.07. The summed E-state index contributed by atoms with van der Waals surface area (Å²) in [6.07, 6.45) is 16.9. The highest BCUT2D eigenvalue weighted by atomic mass is 14.5. The Morgan fingerprint density at radius 1 is 0.857 bits per heavy atom. The van der Waals surface area contributed by atoms with Gasteiger partial charge in [-0.05, 0) is 60.8 Å². The summed E-state index contributed by atoms with van der Waals surface area (Å²) in [5, 5.41) is 0. The molecular weight excluding hydrogens is 252 g/mol. The lowest BCUT2D eigenvalue weighted by Crippen LogP contribution is -2.37. The molecule has 104 valence electrons. The van der Waals surface area contributed by atoms with Crippen LogP contribution >= 0.6 is 0 Å². The van der Waals surface area contributed by atoms with Gasteiger partial charge < -0.3 is 0 Å². The SMILES string of the molecule is C1=CC(=C2CCC23CCCC2=C3Cc3ccccc32)C=C1. The van der Waals surface area contributed by atoms with Crippen LogP contribution in [0.15, 0.2) is 65.3 Å². The Morgan fingerprint density at radius 3 is 2.52 bits per heavy atom. The molecule has 1 unspecified atom stereocenters. The molecule has 0 radical (unpaired) electrons. The average molecular weight is 272 g/mol. The maximum Gasteiger partial charge on any atom is 0.0142 e. The van der Waals surface area contributed by atoms with Crippen LogP contribution in [0.2, 0.25) is 0 Å². The van der Waals surface area contributed by atoms with Crippen molar-refractivity contribution in [1.29, 1.82) is 0 Å². The normalized spacial score (nSPS) is 29.1. The highest BCUT2D eigenvalue weighted by Gasteiger charge is 2.49. The highest BCUT2D eigenvalue weighted by molar-refractivity contribution is 5.80. The van der Waals surface area contributed by atoms with Gasteiger partial charge in [-0.3, -0.25) is 0 Å². The molecule has 0 aromatic heterocycles. The molecule has 1 fully saturated rings. The van der Waals surface area contributed by atoms with Crippen LogP contribution in [0.1, 0.15) is 43.2 Å². The first-order valence-electron chi connectivity index (χ1n) is 8.28. The first-order chi connectivity index (χ1) is 10.4. The number of allylic oxidation sites excluding steroid dienone is 8. The van der Waals surface area contributed by atoms with Crippen LogP contribution in [-0.4, -0.2) is 0 Å². The van der Waals surface area contributed by atoms with Gasteiger partial charge in [0.1, 0.15) is 0 Å². The lowest BCUT2D eigenvalue weighted by molar-refractivity contribution is 0.255. The summed E-state index contributed by atoms with van der Waals surface area (Å²) in [5.74, 6) is 0. The summed E-state index contributed by atoms with van der Waals surface area (Å²) in [4.78, 5) is 0. The van der Waals surface area contributed by atoms with Crippen LogP contribution in [0.5, 0.6) is 0 Å². The van der Waals surface area contributed by atoms with Crippen LogP contribution in [0.25, 0.3) is 5.57 Å². The fourth-order valence-electron chi connectivity index (χ4n) is 5.05. The Bertz CT molecular complexity index is 740. The second kappa shape index (κ2) is 4.10. The number of hydrogen-bond acceptors (Lipinski definition) is 0. The molecule has 0 nitrogen and oxygen atoms in total. The number of fused-ring (bicyclic) bond motifs is 3. The minimum absolute atomic E-state index is 0.418. The molecule has 0 heteroatoms. The predicted octanol–water partition coefficient (Wildman–Crippen LogP) is 5.38. The zero-order valence-corrected chi connectivity index (χ0v) is 12.4. The molecule has 0 N–H and O–H groups in total. The van der Waals surface area contributed by atoms with Crippen molar-refractivity contribution in [3.8, 4) is 0 Å². The van der Waals surface area contributed by atoms with Gasteiger partial charge in [-0.25, -0.2) is 0 Å². The molecule has 1 aromatic rings. The summed E-state index contributed by atoms with van der Waals surface area (Å²) >= 11 is 0. The van der Waals surface area contributed by atoms with Gasteiger partial charge in [-0.15, -0.1) is 0 Å². The molecule has 4 aliphatic carbocycles. The Kier molecular flexibility index (Phi) is 2.30. The maximum absolute atomic E-state index is 2.34. The van der Waals surface area contributed by atoms with E-state index in [1.54, 1.807) is 27.8 Å². The van der Waals surface area contributed by atoms with Crippen molar-refractivity contribution in [2.75, 3.05) is 0 Å². The topological polar surface area (TPSA) is 0 Å². The van der Waals surface area contributed by atoms with Crippen molar-refractivity contribution in [2.45, 2.75) is 38.5 Å². The van der Waals surface area contributed by atoms with E-state index in [2.05, 4.69) is 48.6 Å². The molecule has 0 heterocycles. The molecule has 0 saturated heterocycles. The Balaban J connectivity index is 1.67. The minimum Gasteiger partial charge on any atom is -0.0619 e.